The third-order valence-corrected chi connectivity index (χ3v) is 3.76. The molecule has 1 aromatic heterocycles. The Hall–Kier alpha value is -0.760. The smallest absolute Gasteiger partial charge is 0.135 e. The van der Waals surface area contributed by atoms with Crippen LogP contribution in [0.1, 0.15) is 31.4 Å². The minimum atomic E-state index is -0.633. The van der Waals surface area contributed by atoms with Gasteiger partial charge in [0.2, 0.25) is 0 Å². The molecule has 70 valence electrons. The Morgan fingerprint density at radius 3 is 2.92 bits per heavy atom. The fraction of sp³-hybridized carbons (Fsp3) is 0.636. The Kier molecular flexibility index (Phi) is 1.40. The topological polar surface area (TPSA) is 33.4 Å². The highest BCUT2D eigenvalue weighted by Crippen LogP contribution is 2.55. The number of hydrogen-bond donors (Lipinski definition) is 1. The van der Waals surface area contributed by atoms with E-state index in [-0.39, 0.29) is 0 Å². The van der Waals surface area contributed by atoms with Crippen LogP contribution in [0.25, 0.3) is 0 Å². The second-order valence-electron chi connectivity index (χ2n) is 4.48. The molecule has 0 unspecified atom stereocenters. The Morgan fingerprint density at radius 1 is 1.46 bits per heavy atom. The molecule has 2 nitrogen and oxygen atoms in total. The van der Waals surface area contributed by atoms with E-state index < -0.39 is 5.60 Å². The summed E-state index contributed by atoms with van der Waals surface area (Å²) in [5.41, 5.74) is -0.633. The van der Waals surface area contributed by atoms with Gasteiger partial charge in [0, 0.05) is 0 Å². The standard InChI is InChI=1S/C11H14O2/c12-11(10-2-1-5-13-10)7-8-3-4-9(11)6-8/h1-2,5,8-9,12H,3-4,6-7H2/t8-,9+,11+/m1/s1. The molecule has 2 heteroatoms. The number of fused-ring (bicyclic) bond motifs is 2. The zero-order valence-corrected chi connectivity index (χ0v) is 7.57. The maximum Gasteiger partial charge on any atom is 0.135 e. The highest BCUT2D eigenvalue weighted by molar-refractivity contribution is 5.16. The van der Waals surface area contributed by atoms with Crippen molar-refractivity contribution in [2.24, 2.45) is 11.8 Å². The van der Waals surface area contributed by atoms with Crippen LogP contribution >= 0.6 is 0 Å². The average molecular weight is 178 g/mol. The third kappa shape index (κ3) is 0.923. The van der Waals surface area contributed by atoms with E-state index in [0.29, 0.717) is 5.92 Å². The molecule has 0 aromatic carbocycles. The summed E-state index contributed by atoms with van der Waals surface area (Å²) in [6.45, 7) is 0. The number of rotatable bonds is 1. The quantitative estimate of drug-likeness (QED) is 0.715. The molecule has 1 N–H and O–H groups in total. The van der Waals surface area contributed by atoms with Crippen LogP contribution in [0.5, 0.6) is 0 Å². The maximum atomic E-state index is 10.4. The highest BCUT2D eigenvalue weighted by atomic mass is 16.4. The van der Waals surface area contributed by atoms with Crippen LogP contribution in [-0.4, -0.2) is 5.11 Å². The van der Waals surface area contributed by atoms with Crippen molar-refractivity contribution in [2.45, 2.75) is 31.3 Å². The van der Waals surface area contributed by atoms with E-state index in [2.05, 4.69) is 0 Å². The summed E-state index contributed by atoms with van der Waals surface area (Å²) in [5.74, 6) is 1.96. The van der Waals surface area contributed by atoms with Gasteiger partial charge in [0.1, 0.15) is 11.4 Å². The van der Waals surface area contributed by atoms with E-state index in [9.17, 15) is 5.11 Å². The predicted molar refractivity (Wildman–Crippen MR) is 48.1 cm³/mol. The lowest BCUT2D eigenvalue weighted by molar-refractivity contribution is -0.0367. The first-order valence-corrected chi connectivity index (χ1v) is 5.05. The molecule has 0 saturated heterocycles. The lowest BCUT2D eigenvalue weighted by Crippen LogP contribution is -2.31. The van der Waals surface area contributed by atoms with E-state index in [0.717, 1.165) is 18.1 Å². The molecule has 3 rings (SSSR count). The Morgan fingerprint density at radius 2 is 2.38 bits per heavy atom. The van der Waals surface area contributed by atoms with Gasteiger partial charge in [-0.1, -0.05) is 0 Å². The average Bonchev–Trinajstić information content (AvgIpc) is 2.79. The monoisotopic (exact) mass is 178 g/mol. The molecule has 2 aliphatic carbocycles. The normalized spacial score (nSPS) is 42.8. The first-order chi connectivity index (χ1) is 6.29. The molecule has 3 atom stereocenters. The van der Waals surface area contributed by atoms with Crippen LogP contribution in [0.4, 0.5) is 0 Å². The number of furan rings is 1. The van der Waals surface area contributed by atoms with Gasteiger partial charge in [-0.2, -0.15) is 0 Å². The Bertz CT molecular complexity index is 304. The summed E-state index contributed by atoms with van der Waals surface area (Å²) in [5, 5.41) is 10.4. The molecule has 13 heavy (non-hydrogen) atoms. The van der Waals surface area contributed by atoms with E-state index in [1.807, 2.05) is 12.1 Å². The van der Waals surface area contributed by atoms with E-state index in [1.54, 1.807) is 6.26 Å². The van der Waals surface area contributed by atoms with Gasteiger partial charge in [0.15, 0.2) is 0 Å². The van der Waals surface area contributed by atoms with Gasteiger partial charge in [0.25, 0.3) is 0 Å². The summed E-state index contributed by atoms with van der Waals surface area (Å²) in [7, 11) is 0. The molecular weight excluding hydrogens is 164 g/mol. The number of hydrogen-bond acceptors (Lipinski definition) is 2. The molecule has 2 saturated carbocycles. The molecule has 0 amide bonds. The van der Waals surface area contributed by atoms with Crippen molar-refractivity contribution >= 4 is 0 Å². The first kappa shape index (κ1) is 7.63. The van der Waals surface area contributed by atoms with Crippen molar-refractivity contribution in [3.8, 4) is 0 Å². The van der Waals surface area contributed by atoms with Crippen molar-refractivity contribution in [3.05, 3.63) is 24.2 Å². The zero-order chi connectivity index (χ0) is 8.89. The predicted octanol–water partition coefficient (Wildman–Crippen LogP) is 2.29. The Labute approximate surface area is 77.6 Å². The number of aliphatic hydroxyl groups is 1. The van der Waals surface area contributed by atoms with Gasteiger partial charge >= 0.3 is 0 Å². The van der Waals surface area contributed by atoms with Crippen molar-refractivity contribution in [1.29, 1.82) is 0 Å². The van der Waals surface area contributed by atoms with E-state index >= 15 is 0 Å². The summed E-state index contributed by atoms with van der Waals surface area (Å²) in [4.78, 5) is 0. The third-order valence-electron chi connectivity index (χ3n) is 3.76. The van der Waals surface area contributed by atoms with Crippen LogP contribution in [0.15, 0.2) is 22.8 Å². The minimum Gasteiger partial charge on any atom is -0.466 e. The highest BCUT2D eigenvalue weighted by Gasteiger charge is 2.52. The molecule has 0 spiro atoms. The Balaban J connectivity index is 1.98. The molecule has 2 aliphatic rings. The molecule has 0 radical (unpaired) electrons. The second-order valence-corrected chi connectivity index (χ2v) is 4.48. The SMILES string of the molecule is O[C@@]1(c2ccco2)C[C@@H]2CC[C@H]1C2. The van der Waals surface area contributed by atoms with Crippen LogP contribution in [0, 0.1) is 11.8 Å². The largest absolute Gasteiger partial charge is 0.466 e. The van der Waals surface area contributed by atoms with Crippen LogP contribution in [0.2, 0.25) is 0 Å². The van der Waals surface area contributed by atoms with Gasteiger partial charge in [-0.3, -0.25) is 0 Å². The van der Waals surface area contributed by atoms with Gasteiger partial charge in [0.05, 0.1) is 6.26 Å². The van der Waals surface area contributed by atoms with Gasteiger partial charge in [-0.05, 0) is 49.7 Å². The molecule has 1 aromatic rings. The first-order valence-electron chi connectivity index (χ1n) is 5.05. The summed E-state index contributed by atoms with van der Waals surface area (Å²) < 4.78 is 5.32. The maximum absolute atomic E-state index is 10.4. The van der Waals surface area contributed by atoms with Crippen molar-refractivity contribution < 1.29 is 9.52 Å². The lowest BCUT2D eigenvalue weighted by Gasteiger charge is -2.30. The zero-order valence-electron chi connectivity index (χ0n) is 7.57. The molecule has 2 bridgehead atoms. The van der Waals surface area contributed by atoms with Gasteiger partial charge in [-0.25, -0.2) is 0 Å². The van der Waals surface area contributed by atoms with Crippen LogP contribution < -0.4 is 0 Å². The molecular formula is C11H14O2. The van der Waals surface area contributed by atoms with Crippen LogP contribution in [-0.2, 0) is 5.60 Å². The van der Waals surface area contributed by atoms with Crippen molar-refractivity contribution in [2.75, 3.05) is 0 Å². The lowest BCUT2D eigenvalue weighted by atomic mass is 9.82. The van der Waals surface area contributed by atoms with Crippen LogP contribution in [0.3, 0.4) is 0 Å². The molecule has 0 aliphatic heterocycles. The van der Waals surface area contributed by atoms with Gasteiger partial charge < -0.3 is 9.52 Å². The fourth-order valence-electron chi connectivity index (χ4n) is 3.13. The van der Waals surface area contributed by atoms with Crippen molar-refractivity contribution in [1.82, 2.24) is 0 Å². The van der Waals surface area contributed by atoms with E-state index in [1.165, 1.54) is 19.3 Å². The molecule has 1 heterocycles. The summed E-state index contributed by atoms with van der Waals surface area (Å²) in [6.07, 6.45) is 6.22. The van der Waals surface area contributed by atoms with E-state index in [4.69, 9.17) is 4.42 Å². The fourth-order valence-corrected chi connectivity index (χ4v) is 3.13. The van der Waals surface area contributed by atoms with Gasteiger partial charge in [-0.15, -0.1) is 0 Å². The summed E-state index contributed by atoms with van der Waals surface area (Å²) in [6, 6.07) is 3.76. The summed E-state index contributed by atoms with van der Waals surface area (Å²) >= 11 is 0. The second kappa shape index (κ2) is 2.38. The minimum absolute atomic E-state index is 0.448. The van der Waals surface area contributed by atoms with Crippen molar-refractivity contribution in [3.63, 3.8) is 0 Å². The molecule has 2 fully saturated rings.